The number of nitrogens with zero attached hydrogens (tertiary/aromatic N) is 4. The molecule has 27 heavy (non-hydrogen) atoms. The molecule has 0 N–H and O–H groups in total. The van der Waals surface area contributed by atoms with Crippen LogP contribution in [0.5, 0.6) is 11.5 Å². The van der Waals surface area contributed by atoms with Gasteiger partial charge in [0.15, 0.2) is 23.0 Å². The Kier molecular flexibility index (Phi) is 3.79. The van der Waals surface area contributed by atoms with Gasteiger partial charge in [-0.05, 0) is 56.4 Å². The summed E-state index contributed by atoms with van der Waals surface area (Å²) in [7, 11) is 3.26. The van der Waals surface area contributed by atoms with Crippen LogP contribution in [0.25, 0.3) is 27.3 Å². The Bertz CT molecular complexity index is 1180. The number of fused-ring (bicyclic) bond motifs is 5. The summed E-state index contributed by atoms with van der Waals surface area (Å²) in [4.78, 5) is 12.3. The fourth-order valence-corrected chi connectivity index (χ4v) is 5.15. The summed E-state index contributed by atoms with van der Waals surface area (Å²) in [6, 6.07) is 5.75. The quantitative estimate of drug-likeness (QED) is 0.533. The molecule has 0 saturated carbocycles. The van der Waals surface area contributed by atoms with E-state index < -0.39 is 0 Å². The highest BCUT2D eigenvalue weighted by molar-refractivity contribution is 7.19. The average Bonchev–Trinajstić information content (AvgIpc) is 3.29. The van der Waals surface area contributed by atoms with Gasteiger partial charge in [-0.1, -0.05) is 0 Å². The molecule has 5 rings (SSSR count). The average molecular weight is 380 g/mol. The van der Waals surface area contributed by atoms with Gasteiger partial charge in [0.1, 0.15) is 10.7 Å². The summed E-state index contributed by atoms with van der Waals surface area (Å²) in [5.41, 5.74) is 3.22. The number of thiophene rings is 1. The van der Waals surface area contributed by atoms with Crippen molar-refractivity contribution in [1.82, 2.24) is 19.6 Å². The Balaban J connectivity index is 1.75. The fraction of sp³-hybridized carbons (Fsp3) is 0.350. The van der Waals surface area contributed by atoms with Gasteiger partial charge in [0.2, 0.25) is 0 Å². The van der Waals surface area contributed by atoms with E-state index in [0.29, 0.717) is 17.3 Å². The molecule has 6 nitrogen and oxygen atoms in total. The first kappa shape index (κ1) is 16.5. The van der Waals surface area contributed by atoms with Crippen LogP contribution in [0.2, 0.25) is 0 Å². The molecule has 0 unspecified atom stereocenters. The lowest BCUT2D eigenvalue weighted by Crippen LogP contribution is -2.01. The molecule has 0 saturated heterocycles. The summed E-state index contributed by atoms with van der Waals surface area (Å²) in [5.74, 6) is 2.89. The molecule has 0 amide bonds. The van der Waals surface area contributed by atoms with Crippen LogP contribution in [0.15, 0.2) is 18.2 Å². The molecule has 0 aliphatic heterocycles. The molecule has 0 radical (unpaired) electrons. The van der Waals surface area contributed by atoms with E-state index in [9.17, 15) is 0 Å². The van der Waals surface area contributed by atoms with Gasteiger partial charge in [-0.3, -0.25) is 0 Å². The number of aryl methyl sites for hydroxylation is 3. The van der Waals surface area contributed by atoms with E-state index in [1.807, 2.05) is 41.0 Å². The van der Waals surface area contributed by atoms with E-state index in [4.69, 9.17) is 24.5 Å². The molecule has 1 aliphatic rings. The number of rotatable bonds is 3. The van der Waals surface area contributed by atoms with Gasteiger partial charge in [-0.25, -0.2) is 9.97 Å². The maximum atomic E-state index is 5.43. The van der Waals surface area contributed by atoms with Gasteiger partial charge < -0.3 is 9.47 Å². The normalized spacial score (nSPS) is 13.9. The summed E-state index contributed by atoms with van der Waals surface area (Å²) in [5, 5.41) is 5.92. The van der Waals surface area contributed by atoms with Crippen LogP contribution in [-0.4, -0.2) is 33.8 Å². The van der Waals surface area contributed by atoms with Gasteiger partial charge in [-0.2, -0.15) is 4.52 Å². The highest BCUT2D eigenvalue weighted by Crippen LogP contribution is 2.38. The molecule has 3 heterocycles. The minimum Gasteiger partial charge on any atom is -0.493 e. The zero-order valence-corrected chi connectivity index (χ0v) is 16.4. The van der Waals surface area contributed by atoms with Crippen LogP contribution in [0.1, 0.15) is 29.1 Å². The first-order valence-electron chi connectivity index (χ1n) is 9.09. The van der Waals surface area contributed by atoms with E-state index in [2.05, 4.69) is 0 Å². The van der Waals surface area contributed by atoms with Crippen LogP contribution in [0.3, 0.4) is 0 Å². The third-order valence-corrected chi connectivity index (χ3v) is 6.38. The second kappa shape index (κ2) is 6.20. The minimum absolute atomic E-state index is 0.668. The van der Waals surface area contributed by atoms with E-state index >= 15 is 0 Å². The number of hydrogen-bond acceptors (Lipinski definition) is 6. The molecular formula is C20H20N4O2S. The maximum Gasteiger partial charge on any atom is 0.182 e. The molecule has 1 aromatic carbocycles. The first-order valence-corrected chi connectivity index (χ1v) is 9.91. The second-order valence-electron chi connectivity index (χ2n) is 6.79. The summed E-state index contributed by atoms with van der Waals surface area (Å²) in [6.45, 7) is 1.98. The predicted molar refractivity (Wildman–Crippen MR) is 106 cm³/mol. The summed E-state index contributed by atoms with van der Waals surface area (Å²) < 4.78 is 12.6. The molecule has 0 spiro atoms. The number of hydrogen-bond donors (Lipinski definition) is 0. The molecule has 4 aromatic rings. The van der Waals surface area contributed by atoms with Crippen LogP contribution < -0.4 is 9.47 Å². The SMILES string of the molecule is COc1ccc(-c2nc3c4c5c(sc4nc(C)n3n2)CCCC5)cc1OC. The lowest BCUT2D eigenvalue weighted by atomic mass is 9.97. The van der Waals surface area contributed by atoms with E-state index in [0.717, 1.165) is 34.7 Å². The summed E-state index contributed by atoms with van der Waals surface area (Å²) >= 11 is 1.82. The molecule has 3 aromatic heterocycles. The third-order valence-electron chi connectivity index (χ3n) is 5.20. The van der Waals surface area contributed by atoms with Crippen molar-refractivity contribution in [2.24, 2.45) is 0 Å². The van der Waals surface area contributed by atoms with E-state index in [1.54, 1.807) is 14.2 Å². The van der Waals surface area contributed by atoms with Crippen molar-refractivity contribution in [3.8, 4) is 22.9 Å². The Morgan fingerprint density at radius 3 is 2.67 bits per heavy atom. The minimum atomic E-state index is 0.668. The smallest absolute Gasteiger partial charge is 0.182 e. The Morgan fingerprint density at radius 1 is 1.04 bits per heavy atom. The number of ether oxygens (including phenoxy) is 2. The lowest BCUT2D eigenvalue weighted by Gasteiger charge is -2.10. The number of aromatic nitrogens is 4. The zero-order valence-electron chi connectivity index (χ0n) is 15.6. The van der Waals surface area contributed by atoms with Crippen LogP contribution in [0, 0.1) is 6.92 Å². The number of benzene rings is 1. The van der Waals surface area contributed by atoms with Crippen molar-refractivity contribution < 1.29 is 9.47 Å². The highest BCUT2D eigenvalue weighted by Gasteiger charge is 2.22. The Labute approximate surface area is 160 Å². The van der Waals surface area contributed by atoms with Crippen molar-refractivity contribution in [2.75, 3.05) is 14.2 Å². The second-order valence-corrected chi connectivity index (χ2v) is 7.87. The van der Waals surface area contributed by atoms with E-state index in [-0.39, 0.29) is 0 Å². The largest absolute Gasteiger partial charge is 0.493 e. The predicted octanol–water partition coefficient (Wildman–Crippen LogP) is 4.21. The molecule has 0 fully saturated rings. The molecule has 1 aliphatic carbocycles. The van der Waals surface area contributed by atoms with Crippen molar-refractivity contribution in [3.05, 3.63) is 34.5 Å². The fourth-order valence-electron chi connectivity index (χ4n) is 3.85. The Morgan fingerprint density at radius 2 is 1.85 bits per heavy atom. The zero-order chi connectivity index (χ0) is 18.5. The van der Waals surface area contributed by atoms with Gasteiger partial charge >= 0.3 is 0 Å². The molecule has 0 bridgehead atoms. The van der Waals surface area contributed by atoms with Gasteiger partial charge in [0.05, 0.1) is 19.6 Å². The monoisotopic (exact) mass is 380 g/mol. The van der Waals surface area contributed by atoms with Crippen LogP contribution in [0.4, 0.5) is 0 Å². The highest BCUT2D eigenvalue weighted by atomic mass is 32.1. The van der Waals surface area contributed by atoms with Gasteiger partial charge in [-0.15, -0.1) is 16.4 Å². The summed E-state index contributed by atoms with van der Waals surface area (Å²) in [6.07, 6.45) is 4.75. The number of methoxy groups -OCH3 is 2. The molecule has 7 heteroatoms. The van der Waals surface area contributed by atoms with Gasteiger partial charge in [0, 0.05) is 10.4 Å². The first-order chi connectivity index (χ1) is 13.2. The van der Waals surface area contributed by atoms with Crippen molar-refractivity contribution in [1.29, 1.82) is 0 Å². The molecule has 138 valence electrons. The Hall–Kier alpha value is -2.67. The van der Waals surface area contributed by atoms with Gasteiger partial charge in [0.25, 0.3) is 0 Å². The van der Waals surface area contributed by atoms with Crippen molar-refractivity contribution >= 4 is 27.2 Å². The van der Waals surface area contributed by atoms with Crippen molar-refractivity contribution in [2.45, 2.75) is 32.6 Å². The van der Waals surface area contributed by atoms with Crippen LogP contribution in [-0.2, 0) is 12.8 Å². The van der Waals surface area contributed by atoms with Crippen molar-refractivity contribution in [3.63, 3.8) is 0 Å². The lowest BCUT2D eigenvalue weighted by molar-refractivity contribution is 0.355. The topological polar surface area (TPSA) is 61.5 Å². The third kappa shape index (κ3) is 2.49. The standard InChI is InChI=1S/C20H20N4O2S/c1-11-21-20-17(13-6-4-5-7-16(13)27-20)19-22-18(23-24(11)19)12-8-9-14(25-2)15(10-12)26-3/h8-10H,4-7H2,1-3H3. The van der Waals surface area contributed by atoms with Crippen LogP contribution >= 0.6 is 11.3 Å². The van der Waals surface area contributed by atoms with E-state index in [1.165, 1.54) is 28.7 Å². The molecule has 0 atom stereocenters. The molecular weight excluding hydrogens is 360 g/mol. The maximum absolute atomic E-state index is 5.43.